The summed E-state index contributed by atoms with van der Waals surface area (Å²) in [5.74, 6) is 0. The van der Waals surface area contributed by atoms with Gasteiger partial charge in [-0.05, 0) is 38.9 Å². The number of hydrogen-bond donors (Lipinski definition) is 1. The molecular formula is C14H19N3S. The van der Waals surface area contributed by atoms with Crippen LogP contribution in [0.15, 0.2) is 30.3 Å². The van der Waals surface area contributed by atoms with Gasteiger partial charge in [-0.2, -0.15) is 0 Å². The standard InChI is InChI=1S/C14H19N3S/c1-11-12(2)18-14(16-11)17(10-6-9-15)13-7-4-3-5-8-13/h3-5,7-8H,6,9-10,15H2,1-2H3. The van der Waals surface area contributed by atoms with Crippen LogP contribution in [0.25, 0.3) is 0 Å². The molecule has 1 aromatic heterocycles. The molecule has 0 aliphatic carbocycles. The number of aryl methyl sites for hydroxylation is 2. The second-order valence-electron chi connectivity index (χ2n) is 4.27. The van der Waals surface area contributed by atoms with Crippen molar-refractivity contribution < 1.29 is 0 Å². The summed E-state index contributed by atoms with van der Waals surface area (Å²) in [6.45, 7) is 5.78. The average molecular weight is 261 g/mol. The molecule has 0 saturated carbocycles. The molecule has 0 aliphatic heterocycles. The van der Waals surface area contributed by atoms with Crippen molar-refractivity contribution in [2.75, 3.05) is 18.0 Å². The molecule has 0 bridgehead atoms. The molecule has 96 valence electrons. The Morgan fingerprint density at radius 1 is 1.22 bits per heavy atom. The van der Waals surface area contributed by atoms with Crippen molar-refractivity contribution >= 4 is 22.2 Å². The van der Waals surface area contributed by atoms with Crippen LogP contribution in [0.2, 0.25) is 0 Å². The predicted molar refractivity (Wildman–Crippen MR) is 78.7 cm³/mol. The fraction of sp³-hybridized carbons (Fsp3) is 0.357. The number of benzene rings is 1. The summed E-state index contributed by atoms with van der Waals surface area (Å²) in [7, 11) is 0. The quantitative estimate of drug-likeness (QED) is 0.898. The van der Waals surface area contributed by atoms with Gasteiger partial charge in [-0.1, -0.05) is 18.2 Å². The van der Waals surface area contributed by atoms with Gasteiger partial charge in [0.05, 0.1) is 5.69 Å². The molecule has 1 aromatic carbocycles. The van der Waals surface area contributed by atoms with Gasteiger partial charge in [0.1, 0.15) is 0 Å². The van der Waals surface area contributed by atoms with Gasteiger partial charge in [-0.3, -0.25) is 0 Å². The monoisotopic (exact) mass is 261 g/mol. The Morgan fingerprint density at radius 2 is 1.94 bits per heavy atom. The fourth-order valence-corrected chi connectivity index (χ4v) is 2.72. The van der Waals surface area contributed by atoms with Crippen LogP contribution >= 0.6 is 11.3 Å². The number of nitrogens with two attached hydrogens (primary N) is 1. The van der Waals surface area contributed by atoms with Gasteiger partial charge >= 0.3 is 0 Å². The maximum Gasteiger partial charge on any atom is 0.190 e. The number of thiazole rings is 1. The van der Waals surface area contributed by atoms with Crippen molar-refractivity contribution in [3.63, 3.8) is 0 Å². The van der Waals surface area contributed by atoms with E-state index in [4.69, 9.17) is 5.73 Å². The molecule has 18 heavy (non-hydrogen) atoms. The van der Waals surface area contributed by atoms with Crippen molar-refractivity contribution in [2.24, 2.45) is 5.73 Å². The zero-order valence-electron chi connectivity index (χ0n) is 10.9. The lowest BCUT2D eigenvalue weighted by molar-refractivity contribution is 0.815. The highest BCUT2D eigenvalue weighted by Gasteiger charge is 2.13. The van der Waals surface area contributed by atoms with Gasteiger partial charge in [0.15, 0.2) is 5.13 Å². The lowest BCUT2D eigenvalue weighted by Gasteiger charge is -2.21. The second kappa shape index (κ2) is 5.98. The van der Waals surface area contributed by atoms with Crippen LogP contribution < -0.4 is 10.6 Å². The third kappa shape index (κ3) is 2.89. The Labute approximate surface area is 112 Å². The Hall–Kier alpha value is -1.39. The van der Waals surface area contributed by atoms with E-state index in [9.17, 15) is 0 Å². The number of anilines is 2. The first kappa shape index (κ1) is 13.1. The van der Waals surface area contributed by atoms with Crippen LogP contribution in [-0.2, 0) is 0 Å². The number of aromatic nitrogens is 1. The van der Waals surface area contributed by atoms with Gasteiger partial charge in [-0.15, -0.1) is 11.3 Å². The molecule has 0 radical (unpaired) electrons. The minimum Gasteiger partial charge on any atom is -0.330 e. The molecule has 2 N–H and O–H groups in total. The third-order valence-corrected chi connectivity index (χ3v) is 4.00. The van der Waals surface area contributed by atoms with E-state index >= 15 is 0 Å². The van der Waals surface area contributed by atoms with E-state index in [2.05, 4.69) is 48.0 Å². The topological polar surface area (TPSA) is 42.2 Å². The summed E-state index contributed by atoms with van der Waals surface area (Å²) in [5, 5.41) is 1.06. The van der Waals surface area contributed by atoms with E-state index in [-0.39, 0.29) is 0 Å². The van der Waals surface area contributed by atoms with E-state index < -0.39 is 0 Å². The van der Waals surface area contributed by atoms with Crippen molar-refractivity contribution in [1.82, 2.24) is 4.98 Å². The molecule has 1 heterocycles. The summed E-state index contributed by atoms with van der Waals surface area (Å²) in [4.78, 5) is 8.17. The number of nitrogens with zero attached hydrogens (tertiary/aromatic N) is 2. The molecule has 0 spiro atoms. The summed E-state index contributed by atoms with van der Waals surface area (Å²) < 4.78 is 0. The molecule has 0 aliphatic rings. The Balaban J connectivity index is 2.30. The summed E-state index contributed by atoms with van der Waals surface area (Å²) in [5.41, 5.74) is 7.92. The van der Waals surface area contributed by atoms with Crippen molar-refractivity contribution in [3.8, 4) is 0 Å². The molecule has 0 unspecified atom stereocenters. The van der Waals surface area contributed by atoms with Crippen LogP contribution in [0.3, 0.4) is 0 Å². The molecule has 2 rings (SSSR count). The maximum atomic E-state index is 5.62. The molecule has 3 nitrogen and oxygen atoms in total. The second-order valence-corrected chi connectivity index (χ2v) is 5.45. The average Bonchev–Trinajstić information content (AvgIpc) is 2.71. The normalized spacial score (nSPS) is 10.6. The minimum absolute atomic E-state index is 0.701. The highest BCUT2D eigenvalue weighted by molar-refractivity contribution is 7.15. The zero-order valence-corrected chi connectivity index (χ0v) is 11.7. The number of hydrogen-bond acceptors (Lipinski definition) is 4. The molecule has 4 heteroatoms. The van der Waals surface area contributed by atoms with Gasteiger partial charge in [0.25, 0.3) is 0 Å². The summed E-state index contributed by atoms with van der Waals surface area (Å²) in [6, 6.07) is 10.4. The number of para-hydroxylation sites is 1. The predicted octanol–water partition coefficient (Wildman–Crippen LogP) is 3.25. The molecule has 0 atom stereocenters. The third-order valence-electron chi connectivity index (χ3n) is 2.90. The largest absolute Gasteiger partial charge is 0.330 e. The first-order chi connectivity index (χ1) is 8.72. The van der Waals surface area contributed by atoms with Crippen molar-refractivity contribution in [1.29, 1.82) is 0 Å². The van der Waals surface area contributed by atoms with Crippen LogP contribution in [0.1, 0.15) is 17.0 Å². The molecule has 2 aromatic rings. The SMILES string of the molecule is Cc1nc(N(CCCN)c2ccccc2)sc1C. The first-order valence-corrected chi connectivity index (χ1v) is 7.00. The van der Waals surface area contributed by atoms with Gasteiger partial charge in [0, 0.05) is 17.1 Å². The van der Waals surface area contributed by atoms with Crippen molar-refractivity contribution in [2.45, 2.75) is 20.3 Å². The molecular weight excluding hydrogens is 242 g/mol. The summed E-state index contributed by atoms with van der Waals surface area (Å²) in [6.07, 6.45) is 0.965. The fourth-order valence-electron chi connectivity index (χ4n) is 1.76. The molecule has 0 fully saturated rings. The van der Waals surface area contributed by atoms with Gasteiger partial charge in [0.2, 0.25) is 0 Å². The Bertz CT molecular complexity index is 473. The smallest absolute Gasteiger partial charge is 0.190 e. The Kier molecular flexibility index (Phi) is 4.33. The lowest BCUT2D eigenvalue weighted by Crippen LogP contribution is -2.20. The zero-order chi connectivity index (χ0) is 13.0. The lowest BCUT2D eigenvalue weighted by atomic mass is 10.3. The highest BCUT2D eigenvalue weighted by Crippen LogP contribution is 2.31. The molecule has 0 amide bonds. The highest BCUT2D eigenvalue weighted by atomic mass is 32.1. The van der Waals surface area contributed by atoms with Crippen LogP contribution in [0, 0.1) is 13.8 Å². The van der Waals surface area contributed by atoms with Crippen LogP contribution in [0.4, 0.5) is 10.8 Å². The van der Waals surface area contributed by atoms with E-state index in [0.717, 1.165) is 23.8 Å². The molecule has 0 saturated heterocycles. The van der Waals surface area contributed by atoms with E-state index in [0.29, 0.717) is 6.54 Å². The first-order valence-electron chi connectivity index (χ1n) is 6.19. The van der Waals surface area contributed by atoms with Gasteiger partial charge < -0.3 is 10.6 Å². The van der Waals surface area contributed by atoms with Gasteiger partial charge in [-0.25, -0.2) is 4.98 Å². The minimum atomic E-state index is 0.701. The number of rotatable bonds is 5. The Morgan fingerprint density at radius 3 is 2.50 bits per heavy atom. The maximum absolute atomic E-state index is 5.62. The van der Waals surface area contributed by atoms with E-state index in [1.807, 2.05) is 6.07 Å². The summed E-state index contributed by atoms with van der Waals surface area (Å²) >= 11 is 1.74. The van der Waals surface area contributed by atoms with E-state index in [1.165, 1.54) is 10.6 Å². The van der Waals surface area contributed by atoms with Crippen LogP contribution in [-0.4, -0.2) is 18.1 Å². The van der Waals surface area contributed by atoms with Crippen LogP contribution in [0.5, 0.6) is 0 Å². The van der Waals surface area contributed by atoms with Crippen molar-refractivity contribution in [3.05, 3.63) is 40.9 Å². The van der Waals surface area contributed by atoms with E-state index in [1.54, 1.807) is 11.3 Å².